The molecule has 0 nitrogen and oxygen atoms in total. The number of hydrogen-bond donors (Lipinski definition) is 0. The highest BCUT2D eigenvalue weighted by Gasteiger charge is 1.88. The van der Waals surface area contributed by atoms with Gasteiger partial charge < -0.3 is 0 Å². The fourth-order valence-corrected chi connectivity index (χ4v) is 1.05. The summed E-state index contributed by atoms with van der Waals surface area (Å²) in [4.78, 5) is 0. The monoisotopic (exact) mass is 145 g/mol. The van der Waals surface area contributed by atoms with E-state index in [1.807, 2.05) is 12.2 Å². The molecule has 0 aliphatic carbocycles. The van der Waals surface area contributed by atoms with E-state index in [4.69, 9.17) is 0 Å². The topological polar surface area (TPSA) is 0 Å². The lowest BCUT2D eigenvalue weighted by atomic mass is 10.1. The first-order chi connectivity index (χ1) is 5.36. The van der Waals surface area contributed by atoms with Crippen molar-refractivity contribution >= 4 is 6.08 Å². The van der Waals surface area contributed by atoms with Crippen molar-refractivity contribution in [2.24, 2.45) is 0 Å². The molecule has 0 amide bonds. The normalized spacial score (nSPS) is 10.7. The molecule has 1 aromatic rings. The van der Waals surface area contributed by atoms with Crippen LogP contribution in [-0.2, 0) is 6.42 Å². The number of rotatable bonds is 2. The molecular weight excluding hydrogens is 132 g/mol. The number of aryl methyl sites for hydroxylation is 1. The maximum atomic E-state index is 3.66. The summed E-state index contributed by atoms with van der Waals surface area (Å²) < 4.78 is 0. The molecule has 1 radical (unpaired) electrons. The van der Waals surface area contributed by atoms with E-state index in [0.717, 1.165) is 6.42 Å². The van der Waals surface area contributed by atoms with Crippen LogP contribution in [0, 0.1) is 6.92 Å². The molecule has 1 rings (SSSR count). The Labute approximate surface area is 68.6 Å². The first kappa shape index (κ1) is 8.06. The van der Waals surface area contributed by atoms with Gasteiger partial charge in [0.05, 0.1) is 0 Å². The molecule has 0 heterocycles. The van der Waals surface area contributed by atoms with Crippen LogP contribution in [-0.4, -0.2) is 0 Å². The van der Waals surface area contributed by atoms with Gasteiger partial charge in [-0.1, -0.05) is 43.3 Å². The zero-order chi connectivity index (χ0) is 8.10. The SMILES string of the molecule is [CH2]/C=C/c1cccc(CC)c1. The van der Waals surface area contributed by atoms with Crippen LogP contribution in [0.1, 0.15) is 18.1 Å². The molecule has 0 spiro atoms. The van der Waals surface area contributed by atoms with Crippen molar-refractivity contribution in [3.05, 3.63) is 48.4 Å². The number of hydrogen-bond acceptors (Lipinski definition) is 0. The van der Waals surface area contributed by atoms with Gasteiger partial charge in [0.2, 0.25) is 0 Å². The van der Waals surface area contributed by atoms with Crippen molar-refractivity contribution in [2.45, 2.75) is 13.3 Å². The van der Waals surface area contributed by atoms with Crippen LogP contribution in [0.2, 0.25) is 0 Å². The van der Waals surface area contributed by atoms with Gasteiger partial charge in [0, 0.05) is 0 Å². The molecule has 0 aliphatic rings. The van der Waals surface area contributed by atoms with E-state index >= 15 is 0 Å². The van der Waals surface area contributed by atoms with E-state index in [0.29, 0.717) is 0 Å². The van der Waals surface area contributed by atoms with Gasteiger partial charge in [-0.25, -0.2) is 0 Å². The molecule has 0 bridgehead atoms. The minimum absolute atomic E-state index is 1.10. The molecule has 0 aromatic heterocycles. The van der Waals surface area contributed by atoms with Crippen molar-refractivity contribution < 1.29 is 0 Å². The molecule has 0 aliphatic heterocycles. The fraction of sp³-hybridized carbons (Fsp3) is 0.182. The molecule has 0 heteroatoms. The second kappa shape index (κ2) is 3.97. The fourth-order valence-electron chi connectivity index (χ4n) is 1.05. The summed E-state index contributed by atoms with van der Waals surface area (Å²) in [6.07, 6.45) is 4.92. The average molecular weight is 145 g/mol. The summed E-state index contributed by atoms with van der Waals surface area (Å²) in [5.74, 6) is 0. The minimum atomic E-state index is 1.10. The van der Waals surface area contributed by atoms with E-state index in [1.54, 1.807) is 0 Å². The van der Waals surface area contributed by atoms with Crippen LogP contribution in [0.15, 0.2) is 30.3 Å². The Morgan fingerprint density at radius 2 is 2.27 bits per heavy atom. The molecular formula is C11H13. The Morgan fingerprint density at radius 3 is 2.91 bits per heavy atom. The van der Waals surface area contributed by atoms with E-state index in [-0.39, 0.29) is 0 Å². The molecule has 0 saturated heterocycles. The third-order valence-electron chi connectivity index (χ3n) is 1.67. The van der Waals surface area contributed by atoms with Gasteiger partial charge >= 0.3 is 0 Å². The predicted molar refractivity (Wildman–Crippen MR) is 50.2 cm³/mol. The van der Waals surface area contributed by atoms with Crippen molar-refractivity contribution in [3.63, 3.8) is 0 Å². The van der Waals surface area contributed by atoms with Gasteiger partial charge in [0.25, 0.3) is 0 Å². The van der Waals surface area contributed by atoms with Gasteiger partial charge in [-0.3, -0.25) is 0 Å². The van der Waals surface area contributed by atoms with Crippen LogP contribution in [0.3, 0.4) is 0 Å². The largest absolute Gasteiger partial charge is 0.0836 e. The lowest BCUT2D eigenvalue weighted by molar-refractivity contribution is 1.14. The summed E-state index contributed by atoms with van der Waals surface area (Å²) in [6.45, 7) is 5.82. The van der Waals surface area contributed by atoms with E-state index in [1.165, 1.54) is 11.1 Å². The average Bonchev–Trinajstić information content (AvgIpc) is 2.06. The predicted octanol–water partition coefficient (Wildman–Crippen LogP) is 3.10. The summed E-state index contributed by atoms with van der Waals surface area (Å²) in [6, 6.07) is 8.48. The summed E-state index contributed by atoms with van der Waals surface area (Å²) in [5, 5.41) is 0. The molecule has 0 atom stereocenters. The van der Waals surface area contributed by atoms with Crippen LogP contribution in [0.25, 0.3) is 6.08 Å². The Morgan fingerprint density at radius 1 is 1.45 bits per heavy atom. The van der Waals surface area contributed by atoms with Crippen LogP contribution in [0.4, 0.5) is 0 Å². The van der Waals surface area contributed by atoms with Crippen molar-refractivity contribution in [2.75, 3.05) is 0 Å². The van der Waals surface area contributed by atoms with E-state index < -0.39 is 0 Å². The van der Waals surface area contributed by atoms with Gasteiger partial charge in [-0.15, -0.1) is 0 Å². The smallest absolute Gasteiger partial charge is 0.0257 e. The van der Waals surface area contributed by atoms with Gasteiger partial charge in [-0.2, -0.15) is 0 Å². The summed E-state index contributed by atoms with van der Waals surface area (Å²) >= 11 is 0. The highest BCUT2D eigenvalue weighted by Crippen LogP contribution is 2.06. The van der Waals surface area contributed by atoms with Crippen LogP contribution < -0.4 is 0 Å². The second-order valence-electron chi connectivity index (χ2n) is 2.50. The first-order valence-corrected chi connectivity index (χ1v) is 3.91. The Kier molecular flexibility index (Phi) is 2.91. The van der Waals surface area contributed by atoms with E-state index in [9.17, 15) is 0 Å². The molecule has 57 valence electrons. The zero-order valence-corrected chi connectivity index (χ0v) is 6.88. The van der Waals surface area contributed by atoms with Crippen molar-refractivity contribution in [1.29, 1.82) is 0 Å². The molecule has 0 N–H and O–H groups in total. The molecule has 11 heavy (non-hydrogen) atoms. The maximum Gasteiger partial charge on any atom is -0.0257 e. The zero-order valence-electron chi connectivity index (χ0n) is 6.88. The lowest BCUT2D eigenvalue weighted by Gasteiger charge is -1.96. The number of benzene rings is 1. The highest BCUT2D eigenvalue weighted by atomic mass is 13.9. The molecule has 0 unspecified atom stereocenters. The second-order valence-corrected chi connectivity index (χ2v) is 2.50. The number of allylic oxidation sites excluding steroid dienone is 1. The highest BCUT2D eigenvalue weighted by molar-refractivity contribution is 5.50. The van der Waals surface area contributed by atoms with Gasteiger partial charge in [-0.05, 0) is 24.5 Å². The Bertz CT molecular complexity index is 246. The van der Waals surface area contributed by atoms with Crippen molar-refractivity contribution in [3.8, 4) is 0 Å². The Balaban J connectivity index is 2.91. The Hall–Kier alpha value is -1.04. The van der Waals surface area contributed by atoms with Gasteiger partial charge in [0.1, 0.15) is 0 Å². The third kappa shape index (κ3) is 2.23. The van der Waals surface area contributed by atoms with Crippen LogP contribution in [0.5, 0.6) is 0 Å². The maximum absolute atomic E-state index is 3.66. The quantitative estimate of drug-likeness (QED) is 0.600. The third-order valence-corrected chi connectivity index (χ3v) is 1.67. The first-order valence-electron chi connectivity index (χ1n) is 3.91. The van der Waals surface area contributed by atoms with Crippen LogP contribution >= 0.6 is 0 Å². The molecule has 0 saturated carbocycles. The molecule has 0 fully saturated rings. The summed E-state index contributed by atoms with van der Waals surface area (Å²) in [7, 11) is 0. The minimum Gasteiger partial charge on any atom is -0.0836 e. The van der Waals surface area contributed by atoms with Gasteiger partial charge in [0.15, 0.2) is 0 Å². The van der Waals surface area contributed by atoms with Crippen molar-refractivity contribution in [1.82, 2.24) is 0 Å². The van der Waals surface area contributed by atoms with E-state index in [2.05, 4.69) is 38.1 Å². The standard InChI is InChI=1S/C11H13/c1-3-6-11-8-5-7-10(4-2)9-11/h3,5-9H,1,4H2,2H3/b6-3+. The lowest BCUT2D eigenvalue weighted by Crippen LogP contribution is -1.79. The summed E-state index contributed by atoms with van der Waals surface area (Å²) in [5.41, 5.74) is 2.61. The molecule has 1 aromatic carbocycles.